The van der Waals surface area contributed by atoms with Crippen LogP contribution < -0.4 is 5.73 Å². The van der Waals surface area contributed by atoms with E-state index in [0.717, 1.165) is 23.3 Å². The van der Waals surface area contributed by atoms with Gasteiger partial charge >= 0.3 is 0 Å². The molecule has 1 fully saturated rings. The van der Waals surface area contributed by atoms with E-state index in [1.807, 2.05) is 18.7 Å². The lowest BCUT2D eigenvalue weighted by molar-refractivity contribution is 0.186. The Bertz CT molecular complexity index is 619. The molecule has 2 aromatic rings. The van der Waals surface area contributed by atoms with Crippen LogP contribution in [0.25, 0.3) is 11.2 Å². The smallest absolute Gasteiger partial charge is 0.202 e. The van der Waals surface area contributed by atoms with Crippen LogP contribution in [0.2, 0.25) is 0 Å². The molecule has 1 unspecified atom stereocenters. The van der Waals surface area contributed by atoms with Gasteiger partial charge in [0.2, 0.25) is 5.95 Å². The fraction of sp³-hybridized carbons (Fsp3) is 0.714. The van der Waals surface area contributed by atoms with E-state index in [2.05, 4.69) is 28.5 Å². The molecule has 1 saturated carbocycles. The van der Waals surface area contributed by atoms with Gasteiger partial charge in [-0.2, -0.15) is 5.10 Å². The molecule has 0 aromatic carbocycles. The second kappa shape index (κ2) is 3.99. The zero-order valence-corrected chi connectivity index (χ0v) is 12.3. The van der Waals surface area contributed by atoms with Crippen LogP contribution in [-0.4, -0.2) is 19.3 Å². The van der Waals surface area contributed by atoms with Gasteiger partial charge in [-0.1, -0.05) is 20.3 Å². The van der Waals surface area contributed by atoms with Crippen molar-refractivity contribution in [3.8, 4) is 0 Å². The summed E-state index contributed by atoms with van der Waals surface area (Å²) in [4.78, 5) is 4.51. The van der Waals surface area contributed by atoms with Crippen molar-refractivity contribution in [3.63, 3.8) is 0 Å². The summed E-state index contributed by atoms with van der Waals surface area (Å²) in [7, 11) is 1.97. The number of nitrogens with zero attached hydrogens (tertiary/aromatic N) is 4. The average Bonchev–Trinajstić information content (AvgIpc) is 2.76. The quantitative estimate of drug-likeness (QED) is 0.858. The molecule has 2 heterocycles. The summed E-state index contributed by atoms with van der Waals surface area (Å²) in [5, 5.41) is 4.46. The Morgan fingerprint density at radius 1 is 1.37 bits per heavy atom. The number of hydrogen-bond acceptors (Lipinski definition) is 3. The first-order chi connectivity index (χ1) is 8.89. The molecule has 5 heteroatoms. The Morgan fingerprint density at radius 2 is 2.11 bits per heavy atom. The number of anilines is 1. The zero-order chi connectivity index (χ0) is 13.8. The highest BCUT2D eigenvalue weighted by Gasteiger charge is 2.31. The number of rotatable bonds is 1. The van der Waals surface area contributed by atoms with Crippen molar-refractivity contribution in [1.82, 2.24) is 19.3 Å². The van der Waals surface area contributed by atoms with E-state index < -0.39 is 0 Å². The van der Waals surface area contributed by atoms with Gasteiger partial charge in [-0.15, -0.1) is 0 Å². The summed E-state index contributed by atoms with van der Waals surface area (Å²) in [5.41, 5.74) is 9.53. The van der Waals surface area contributed by atoms with E-state index in [9.17, 15) is 0 Å². The third-order valence-corrected chi connectivity index (χ3v) is 4.41. The molecule has 0 bridgehead atoms. The molecule has 104 valence electrons. The first kappa shape index (κ1) is 12.5. The number of nitrogens with two attached hydrogens (primary N) is 1. The first-order valence-electron chi connectivity index (χ1n) is 7.06. The highest BCUT2D eigenvalue weighted by molar-refractivity contribution is 5.77. The molecule has 2 aromatic heterocycles. The Labute approximate surface area is 113 Å². The molecule has 19 heavy (non-hydrogen) atoms. The van der Waals surface area contributed by atoms with Crippen LogP contribution in [0.3, 0.4) is 0 Å². The molecule has 0 saturated heterocycles. The molecular formula is C14H23N5. The van der Waals surface area contributed by atoms with Gasteiger partial charge in [-0.05, 0) is 31.6 Å². The van der Waals surface area contributed by atoms with Crippen LogP contribution in [0.15, 0.2) is 0 Å². The Balaban J connectivity index is 2.11. The lowest BCUT2D eigenvalue weighted by Crippen LogP contribution is -2.26. The van der Waals surface area contributed by atoms with Crippen molar-refractivity contribution in [1.29, 1.82) is 0 Å². The number of aryl methyl sites for hydroxylation is 2. The van der Waals surface area contributed by atoms with E-state index in [-0.39, 0.29) is 0 Å². The molecule has 3 rings (SSSR count). The maximum absolute atomic E-state index is 6.17. The second-order valence-electron chi connectivity index (χ2n) is 6.64. The van der Waals surface area contributed by atoms with E-state index in [4.69, 9.17) is 5.73 Å². The largest absolute Gasteiger partial charge is 0.369 e. The number of aromatic nitrogens is 4. The van der Waals surface area contributed by atoms with Crippen molar-refractivity contribution >= 4 is 17.1 Å². The molecule has 2 N–H and O–H groups in total. The van der Waals surface area contributed by atoms with Gasteiger partial charge in [-0.3, -0.25) is 9.25 Å². The van der Waals surface area contributed by atoms with Gasteiger partial charge < -0.3 is 5.73 Å². The molecule has 0 spiro atoms. The fourth-order valence-electron chi connectivity index (χ4n) is 3.55. The lowest BCUT2D eigenvalue weighted by Gasteiger charge is -2.36. The van der Waals surface area contributed by atoms with Crippen molar-refractivity contribution in [2.75, 3.05) is 5.73 Å². The predicted octanol–water partition coefficient (Wildman–Crippen LogP) is 2.80. The summed E-state index contributed by atoms with van der Waals surface area (Å²) in [6.07, 6.45) is 4.90. The van der Waals surface area contributed by atoms with E-state index in [0.29, 0.717) is 17.4 Å². The van der Waals surface area contributed by atoms with Gasteiger partial charge in [0.15, 0.2) is 5.65 Å². The van der Waals surface area contributed by atoms with E-state index in [1.54, 1.807) is 0 Å². The van der Waals surface area contributed by atoms with Crippen molar-refractivity contribution in [2.45, 2.75) is 52.5 Å². The summed E-state index contributed by atoms with van der Waals surface area (Å²) >= 11 is 0. The van der Waals surface area contributed by atoms with E-state index in [1.165, 1.54) is 19.3 Å². The normalized spacial score (nSPS) is 23.1. The molecule has 0 amide bonds. The highest BCUT2D eigenvalue weighted by atomic mass is 15.4. The Kier molecular flexibility index (Phi) is 2.62. The first-order valence-corrected chi connectivity index (χ1v) is 7.06. The molecule has 0 radical (unpaired) electrons. The standard InChI is InChI=1S/C14H23N5/c1-9-11-12(18(4)17-9)19(13(15)16-11)10-6-5-7-14(2,3)8-10/h10H,5-8H2,1-4H3,(H2,15,16). The van der Waals surface area contributed by atoms with Crippen molar-refractivity contribution < 1.29 is 0 Å². The maximum atomic E-state index is 6.17. The summed E-state index contributed by atoms with van der Waals surface area (Å²) in [6, 6.07) is 0.448. The Morgan fingerprint density at radius 3 is 2.79 bits per heavy atom. The minimum absolute atomic E-state index is 0.388. The van der Waals surface area contributed by atoms with Crippen LogP contribution in [-0.2, 0) is 7.05 Å². The second-order valence-corrected chi connectivity index (χ2v) is 6.64. The van der Waals surface area contributed by atoms with Crippen LogP contribution in [0.4, 0.5) is 5.95 Å². The SMILES string of the molecule is Cc1nn(C)c2c1nc(N)n2C1CCCC(C)(C)C1. The van der Waals surface area contributed by atoms with Gasteiger partial charge in [0, 0.05) is 13.1 Å². The minimum atomic E-state index is 0.388. The highest BCUT2D eigenvalue weighted by Crippen LogP contribution is 2.42. The predicted molar refractivity (Wildman–Crippen MR) is 76.9 cm³/mol. The molecule has 1 aliphatic rings. The number of hydrogen-bond donors (Lipinski definition) is 1. The lowest BCUT2D eigenvalue weighted by atomic mass is 9.75. The minimum Gasteiger partial charge on any atom is -0.369 e. The van der Waals surface area contributed by atoms with Crippen molar-refractivity contribution in [2.24, 2.45) is 12.5 Å². The number of nitrogen functional groups attached to an aromatic ring is 1. The Hall–Kier alpha value is -1.52. The molecule has 5 nitrogen and oxygen atoms in total. The molecule has 1 aliphatic carbocycles. The van der Waals surface area contributed by atoms with Crippen LogP contribution in [0, 0.1) is 12.3 Å². The van der Waals surface area contributed by atoms with Gasteiger partial charge in [0.05, 0.1) is 5.69 Å². The zero-order valence-electron chi connectivity index (χ0n) is 12.3. The average molecular weight is 261 g/mol. The molecule has 1 atom stereocenters. The van der Waals surface area contributed by atoms with E-state index >= 15 is 0 Å². The van der Waals surface area contributed by atoms with Crippen LogP contribution in [0.1, 0.15) is 51.3 Å². The van der Waals surface area contributed by atoms with Gasteiger partial charge in [0.25, 0.3) is 0 Å². The van der Waals surface area contributed by atoms with Gasteiger partial charge in [0.1, 0.15) is 5.52 Å². The number of imidazole rings is 1. The molecular weight excluding hydrogens is 238 g/mol. The monoisotopic (exact) mass is 261 g/mol. The maximum Gasteiger partial charge on any atom is 0.202 e. The summed E-state index contributed by atoms with van der Waals surface area (Å²) in [6.45, 7) is 6.68. The van der Waals surface area contributed by atoms with Crippen LogP contribution in [0.5, 0.6) is 0 Å². The topological polar surface area (TPSA) is 61.7 Å². The molecule has 0 aliphatic heterocycles. The number of fused-ring (bicyclic) bond motifs is 1. The third kappa shape index (κ3) is 1.91. The van der Waals surface area contributed by atoms with Gasteiger partial charge in [-0.25, -0.2) is 4.98 Å². The summed E-state index contributed by atoms with van der Waals surface area (Å²) < 4.78 is 4.12. The van der Waals surface area contributed by atoms with Crippen molar-refractivity contribution in [3.05, 3.63) is 5.69 Å². The fourth-order valence-corrected chi connectivity index (χ4v) is 3.55. The third-order valence-electron chi connectivity index (χ3n) is 4.41. The summed E-state index contributed by atoms with van der Waals surface area (Å²) in [5.74, 6) is 0.633. The van der Waals surface area contributed by atoms with Crippen LogP contribution >= 0.6 is 0 Å².